The highest BCUT2D eigenvalue weighted by molar-refractivity contribution is 5.94. The molecule has 1 fully saturated rings. The summed E-state index contributed by atoms with van der Waals surface area (Å²) in [6, 6.07) is 9.20. The van der Waals surface area contributed by atoms with Crippen LogP contribution in [0.1, 0.15) is 34.9 Å². The summed E-state index contributed by atoms with van der Waals surface area (Å²) < 4.78 is 26.8. The maximum Gasteiger partial charge on any atom is 0.256 e. The fourth-order valence-corrected chi connectivity index (χ4v) is 3.20. The maximum absolute atomic E-state index is 13.8. The van der Waals surface area contributed by atoms with Crippen molar-refractivity contribution < 1.29 is 23.8 Å². The van der Waals surface area contributed by atoms with E-state index in [1.807, 2.05) is 0 Å². The number of hydrogen-bond acceptors (Lipinski definition) is 3. The van der Waals surface area contributed by atoms with Crippen LogP contribution in [0.15, 0.2) is 42.5 Å². The van der Waals surface area contributed by atoms with Crippen molar-refractivity contribution in [2.45, 2.75) is 18.9 Å². The number of likely N-dealkylation sites (tertiary alicyclic amines) is 1. The molecule has 1 aliphatic heterocycles. The molecule has 1 amide bonds. The number of halogens is 2. The van der Waals surface area contributed by atoms with E-state index in [4.69, 9.17) is 0 Å². The van der Waals surface area contributed by atoms with Crippen LogP contribution in [-0.2, 0) is 0 Å². The monoisotopic (exact) mass is 347 g/mol. The fraction of sp³-hybridized carbons (Fsp3) is 0.316. The van der Waals surface area contributed by atoms with Gasteiger partial charge in [-0.25, -0.2) is 8.78 Å². The zero-order chi connectivity index (χ0) is 18.0. The number of nitrogens with zero attached hydrogens (tertiary/aromatic N) is 1. The minimum atomic E-state index is -0.751. The zero-order valence-electron chi connectivity index (χ0n) is 13.5. The van der Waals surface area contributed by atoms with Crippen LogP contribution in [0.4, 0.5) is 8.78 Å². The predicted molar refractivity (Wildman–Crippen MR) is 88.1 cm³/mol. The summed E-state index contributed by atoms with van der Waals surface area (Å²) in [7, 11) is 0. The molecule has 0 saturated carbocycles. The van der Waals surface area contributed by atoms with E-state index in [2.05, 4.69) is 0 Å². The summed E-state index contributed by atoms with van der Waals surface area (Å²) in [5.74, 6) is -1.80. The van der Waals surface area contributed by atoms with Crippen molar-refractivity contribution in [3.63, 3.8) is 0 Å². The van der Waals surface area contributed by atoms with Crippen molar-refractivity contribution in [1.29, 1.82) is 0 Å². The maximum atomic E-state index is 13.8. The van der Waals surface area contributed by atoms with Crippen molar-refractivity contribution in [1.82, 2.24) is 4.90 Å². The molecule has 1 atom stereocenters. The Morgan fingerprint density at radius 1 is 1.08 bits per heavy atom. The Morgan fingerprint density at radius 3 is 2.32 bits per heavy atom. The summed E-state index contributed by atoms with van der Waals surface area (Å²) in [6.07, 6.45) is 0.428. The van der Waals surface area contributed by atoms with Crippen LogP contribution in [0.2, 0.25) is 0 Å². The van der Waals surface area contributed by atoms with Gasteiger partial charge in [0, 0.05) is 19.2 Å². The first-order chi connectivity index (χ1) is 12.0. The quantitative estimate of drug-likeness (QED) is 0.896. The average Bonchev–Trinajstić information content (AvgIpc) is 2.61. The highest BCUT2D eigenvalue weighted by atomic mass is 19.1. The van der Waals surface area contributed by atoms with Crippen LogP contribution >= 0.6 is 0 Å². The minimum Gasteiger partial charge on any atom is -0.508 e. The summed E-state index contributed by atoms with van der Waals surface area (Å²) in [5, 5.41) is 19.7. The van der Waals surface area contributed by atoms with E-state index in [0.717, 1.165) is 6.07 Å². The van der Waals surface area contributed by atoms with E-state index in [-0.39, 0.29) is 23.0 Å². The van der Waals surface area contributed by atoms with Gasteiger partial charge in [0.1, 0.15) is 17.4 Å². The number of piperidine rings is 1. The smallest absolute Gasteiger partial charge is 0.256 e. The number of carbonyl (C=O) groups is 1. The Balaban J connectivity index is 1.63. The number of aliphatic hydroxyl groups excluding tert-OH is 1. The van der Waals surface area contributed by atoms with Gasteiger partial charge in [-0.1, -0.05) is 12.1 Å². The largest absolute Gasteiger partial charge is 0.508 e. The Morgan fingerprint density at radius 2 is 1.72 bits per heavy atom. The summed E-state index contributed by atoms with van der Waals surface area (Å²) >= 11 is 0. The molecule has 0 aliphatic carbocycles. The van der Waals surface area contributed by atoms with E-state index in [1.54, 1.807) is 17.0 Å². The van der Waals surface area contributed by atoms with Gasteiger partial charge < -0.3 is 15.1 Å². The second-order valence-electron chi connectivity index (χ2n) is 6.29. The Hall–Kier alpha value is -2.47. The highest BCUT2D eigenvalue weighted by Crippen LogP contribution is 2.31. The van der Waals surface area contributed by atoms with Crippen LogP contribution < -0.4 is 0 Å². The molecule has 0 bridgehead atoms. The van der Waals surface area contributed by atoms with Crippen molar-refractivity contribution in [3.05, 3.63) is 65.2 Å². The van der Waals surface area contributed by atoms with E-state index >= 15 is 0 Å². The lowest BCUT2D eigenvalue weighted by Crippen LogP contribution is -2.40. The predicted octanol–water partition coefficient (Wildman–Crippen LogP) is 3.26. The Kier molecular flexibility index (Phi) is 4.99. The molecule has 3 rings (SSSR count). The molecule has 0 spiro atoms. The van der Waals surface area contributed by atoms with Crippen LogP contribution in [0.25, 0.3) is 0 Å². The summed E-state index contributed by atoms with van der Waals surface area (Å²) in [5.41, 5.74) is 0.575. The molecule has 6 heteroatoms. The van der Waals surface area contributed by atoms with Crippen LogP contribution in [0, 0.1) is 17.6 Å². The van der Waals surface area contributed by atoms with Gasteiger partial charge in [0.2, 0.25) is 0 Å². The lowest BCUT2D eigenvalue weighted by molar-refractivity contribution is 0.0459. The van der Waals surface area contributed by atoms with Crippen LogP contribution in [-0.4, -0.2) is 34.1 Å². The van der Waals surface area contributed by atoms with Crippen molar-refractivity contribution in [3.8, 4) is 5.75 Å². The number of aliphatic hydroxyl groups is 1. The van der Waals surface area contributed by atoms with Gasteiger partial charge in [0.15, 0.2) is 0 Å². The van der Waals surface area contributed by atoms with Crippen LogP contribution in [0.5, 0.6) is 5.75 Å². The number of carbonyl (C=O) groups excluding carboxylic acids is 1. The van der Waals surface area contributed by atoms with Gasteiger partial charge in [0.25, 0.3) is 5.91 Å². The molecule has 0 radical (unpaired) electrons. The van der Waals surface area contributed by atoms with Crippen molar-refractivity contribution in [2.75, 3.05) is 13.1 Å². The molecule has 2 aromatic rings. The molecule has 1 aliphatic rings. The molecule has 0 aromatic heterocycles. The number of hydrogen-bond donors (Lipinski definition) is 2. The molecule has 0 unspecified atom stereocenters. The molecule has 2 N–H and O–H groups in total. The SMILES string of the molecule is O=C(c1ccc(O)cc1F)N1CCC([C@H](O)c2ccc(F)cc2)CC1. The number of phenols is 1. The first kappa shape index (κ1) is 17.4. The Labute approximate surface area is 144 Å². The van der Waals surface area contributed by atoms with Gasteiger partial charge >= 0.3 is 0 Å². The van der Waals surface area contributed by atoms with Gasteiger partial charge in [0.05, 0.1) is 11.7 Å². The first-order valence-electron chi connectivity index (χ1n) is 8.17. The number of amides is 1. The summed E-state index contributed by atoms with van der Waals surface area (Å²) in [6.45, 7) is 0.810. The third-order valence-corrected chi connectivity index (χ3v) is 4.67. The third-order valence-electron chi connectivity index (χ3n) is 4.67. The van der Waals surface area contributed by atoms with E-state index < -0.39 is 17.8 Å². The van der Waals surface area contributed by atoms with Crippen molar-refractivity contribution >= 4 is 5.91 Å². The average molecular weight is 347 g/mol. The Bertz CT molecular complexity index is 756. The number of rotatable bonds is 3. The molecule has 132 valence electrons. The lowest BCUT2D eigenvalue weighted by Gasteiger charge is -2.34. The number of aromatic hydroxyl groups is 1. The van der Waals surface area contributed by atoms with E-state index in [1.165, 1.54) is 24.3 Å². The standard InChI is InChI=1S/C19H19F2NO3/c20-14-3-1-12(2-4-14)18(24)13-7-9-22(10-8-13)19(25)16-6-5-15(23)11-17(16)21/h1-6,11,13,18,23-24H,7-10H2/t18-/m1/s1. The van der Waals surface area contributed by atoms with Gasteiger partial charge in [-0.15, -0.1) is 0 Å². The third kappa shape index (κ3) is 3.79. The molecule has 4 nitrogen and oxygen atoms in total. The number of benzene rings is 2. The normalized spacial score (nSPS) is 16.7. The lowest BCUT2D eigenvalue weighted by atomic mass is 9.87. The molecule has 1 saturated heterocycles. The minimum absolute atomic E-state index is 0.0424. The highest BCUT2D eigenvalue weighted by Gasteiger charge is 2.29. The van der Waals surface area contributed by atoms with Crippen molar-refractivity contribution in [2.24, 2.45) is 5.92 Å². The first-order valence-corrected chi connectivity index (χ1v) is 8.17. The second kappa shape index (κ2) is 7.19. The van der Waals surface area contributed by atoms with Gasteiger partial charge in [-0.3, -0.25) is 4.79 Å². The molecular formula is C19H19F2NO3. The zero-order valence-corrected chi connectivity index (χ0v) is 13.5. The van der Waals surface area contributed by atoms with Crippen LogP contribution in [0.3, 0.4) is 0 Å². The molecule has 2 aromatic carbocycles. The second-order valence-corrected chi connectivity index (χ2v) is 6.29. The molecule has 1 heterocycles. The van der Waals surface area contributed by atoms with Gasteiger partial charge in [-0.2, -0.15) is 0 Å². The molecular weight excluding hydrogens is 328 g/mol. The van der Waals surface area contributed by atoms with E-state index in [0.29, 0.717) is 31.5 Å². The molecule has 25 heavy (non-hydrogen) atoms. The number of phenolic OH excluding ortho intramolecular Hbond substituents is 1. The van der Waals surface area contributed by atoms with Gasteiger partial charge in [-0.05, 0) is 48.6 Å². The van der Waals surface area contributed by atoms with E-state index in [9.17, 15) is 23.8 Å². The summed E-state index contributed by atoms with van der Waals surface area (Å²) in [4.78, 5) is 14.0. The topological polar surface area (TPSA) is 60.8 Å². The fourth-order valence-electron chi connectivity index (χ4n) is 3.20.